The standard InChI is InChI=1S/C10H7NO5/c1-15-10(14)5-3-2-4-6-7(5)11-8(16-6)9(12)13/h2-4H,1H3,(H,12,13). The van der Waals surface area contributed by atoms with Crippen LogP contribution in [0.5, 0.6) is 0 Å². The van der Waals surface area contributed by atoms with Gasteiger partial charge in [-0.2, -0.15) is 0 Å². The van der Waals surface area contributed by atoms with Crippen LogP contribution in [-0.2, 0) is 4.74 Å². The molecule has 0 radical (unpaired) electrons. The van der Waals surface area contributed by atoms with Crippen LogP contribution < -0.4 is 0 Å². The van der Waals surface area contributed by atoms with E-state index in [9.17, 15) is 9.59 Å². The Labute approximate surface area is 89.5 Å². The maximum absolute atomic E-state index is 11.4. The number of oxazole rings is 1. The number of benzene rings is 1. The van der Waals surface area contributed by atoms with Gasteiger partial charge in [0.15, 0.2) is 5.58 Å². The molecule has 16 heavy (non-hydrogen) atoms. The SMILES string of the molecule is COC(=O)c1cccc2oc(C(=O)O)nc12. The zero-order valence-corrected chi connectivity index (χ0v) is 8.26. The van der Waals surface area contributed by atoms with E-state index < -0.39 is 17.8 Å². The molecule has 0 aliphatic carbocycles. The van der Waals surface area contributed by atoms with Gasteiger partial charge in [0, 0.05) is 0 Å². The minimum absolute atomic E-state index is 0.177. The van der Waals surface area contributed by atoms with Gasteiger partial charge in [0.25, 0.3) is 0 Å². The number of carboxylic acid groups (broad SMARTS) is 1. The van der Waals surface area contributed by atoms with E-state index in [4.69, 9.17) is 9.52 Å². The van der Waals surface area contributed by atoms with E-state index in [-0.39, 0.29) is 16.7 Å². The smallest absolute Gasteiger partial charge is 0.392 e. The van der Waals surface area contributed by atoms with Gasteiger partial charge in [-0.15, -0.1) is 0 Å². The first-order chi connectivity index (χ1) is 7.63. The topological polar surface area (TPSA) is 89.6 Å². The van der Waals surface area contributed by atoms with Crippen molar-refractivity contribution >= 4 is 23.0 Å². The Kier molecular flexibility index (Phi) is 2.32. The van der Waals surface area contributed by atoms with Crippen LogP contribution in [0.1, 0.15) is 21.0 Å². The quantitative estimate of drug-likeness (QED) is 0.769. The van der Waals surface area contributed by atoms with Gasteiger partial charge >= 0.3 is 17.8 Å². The van der Waals surface area contributed by atoms with Crippen molar-refractivity contribution in [2.24, 2.45) is 0 Å². The molecule has 0 aliphatic heterocycles. The number of rotatable bonds is 2. The van der Waals surface area contributed by atoms with E-state index in [0.29, 0.717) is 0 Å². The van der Waals surface area contributed by atoms with Gasteiger partial charge in [-0.3, -0.25) is 0 Å². The highest BCUT2D eigenvalue weighted by Gasteiger charge is 2.18. The summed E-state index contributed by atoms with van der Waals surface area (Å²) >= 11 is 0. The number of carboxylic acids is 1. The molecule has 0 atom stereocenters. The third kappa shape index (κ3) is 1.50. The summed E-state index contributed by atoms with van der Waals surface area (Å²) in [6.07, 6.45) is 0. The van der Waals surface area contributed by atoms with Crippen molar-refractivity contribution in [3.05, 3.63) is 29.7 Å². The van der Waals surface area contributed by atoms with Crippen molar-refractivity contribution in [3.8, 4) is 0 Å². The number of para-hydroxylation sites is 1. The average Bonchev–Trinajstić information content (AvgIpc) is 2.71. The fraction of sp³-hybridized carbons (Fsp3) is 0.100. The summed E-state index contributed by atoms with van der Waals surface area (Å²) in [6.45, 7) is 0. The molecule has 0 fully saturated rings. The zero-order valence-electron chi connectivity index (χ0n) is 8.26. The highest BCUT2D eigenvalue weighted by Crippen LogP contribution is 2.20. The van der Waals surface area contributed by atoms with Gasteiger partial charge in [0.1, 0.15) is 5.52 Å². The molecule has 82 valence electrons. The van der Waals surface area contributed by atoms with Gasteiger partial charge in [-0.1, -0.05) is 6.07 Å². The van der Waals surface area contributed by atoms with E-state index >= 15 is 0 Å². The van der Waals surface area contributed by atoms with E-state index in [1.165, 1.54) is 19.2 Å². The van der Waals surface area contributed by atoms with Crippen molar-refractivity contribution in [1.82, 2.24) is 4.98 Å². The second kappa shape index (κ2) is 3.65. The lowest BCUT2D eigenvalue weighted by Gasteiger charge is -1.97. The molecule has 2 rings (SSSR count). The number of ether oxygens (including phenoxy) is 1. The molecule has 6 heteroatoms. The molecule has 0 spiro atoms. The summed E-state index contributed by atoms with van der Waals surface area (Å²) in [5.74, 6) is -2.32. The highest BCUT2D eigenvalue weighted by atomic mass is 16.5. The summed E-state index contributed by atoms with van der Waals surface area (Å²) in [7, 11) is 1.24. The molecule has 6 nitrogen and oxygen atoms in total. The summed E-state index contributed by atoms with van der Waals surface area (Å²) < 4.78 is 9.49. The first-order valence-electron chi connectivity index (χ1n) is 4.34. The number of fused-ring (bicyclic) bond motifs is 1. The Morgan fingerprint density at radius 1 is 1.44 bits per heavy atom. The van der Waals surface area contributed by atoms with Crippen LogP contribution in [0.2, 0.25) is 0 Å². The van der Waals surface area contributed by atoms with Crippen molar-refractivity contribution in [2.45, 2.75) is 0 Å². The molecule has 0 bridgehead atoms. The van der Waals surface area contributed by atoms with Crippen LogP contribution >= 0.6 is 0 Å². The molecular formula is C10H7NO5. The Morgan fingerprint density at radius 3 is 2.81 bits per heavy atom. The van der Waals surface area contributed by atoms with Crippen molar-refractivity contribution in [3.63, 3.8) is 0 Å². The van der Waals surface area contributed by atoms with Crippen LogP contribution in [0.3, 0.4) is 0 Å². The Morgan fingerprint density at radius 2 is 2.19 bits per heavy atom. The molecule has 0 unspecified atom stereocenters. The lowest BCUT2D eigenvalue weighted by molar-refractivity contribution is 0.0600. The number of nitrogens with zero attached hydrogens (tertiary/aromatic N) is 1. The number of methoxy groups -OCH3 is 1. The molecule has 0 aliphatic rings. The van der Waals surface area contributed by atoms with E-state index in [1.807, 2.05) is 0 Å². The Bertz CT molecular complexity index is 572. The number of aromatic carboxylic acids is 1. The van der Waals surface area contributed by atoms with Gasteiger partial charge < -0.3 is 14.3 Å². The molecular weight excluding hydrogens is 214 g/mol. The number of aromatic nitrogens is 1. The van der Waals surface area contributed by atoms with E-state index in [1.54, 1.807) is 6.07 Å². The first-order valence-corrected chi connectivity index (χ1v) is 4.34. The van der Waals surface area contributed by atoms with Crippen LogP contribution in [0.15, 0.2) is 22.6 Å². The highest BCUT2D eigenvalue weighted by molar-refractivity contribution is 6.02. The lowest BCUT2D eigenvalue weighted by atomic mass is 10.2. The van der Waals surface area contributed by atoms with Gasteiger partial charge in [-0.25, -0.2) is 14.6 Å². The summed E-state index contributed by atoms with van der Waals surface area (Å²) in [6, 6.07) is 4.58. The molecule has 0 saturated carbocycles. The molecule has 1 aromatic carbocycles. The van der Waals surface area contributed by atoms with Crippen LogP contribution in [0.4, 0.5) is 0 Å². The third-order valence-electron chi connectivity index (χ3n) is 2.01. The van der Waals surface area contributed by atoms with Gasteiger partial charge in [0.2, 0.25) is 0 Å². The van der Waals surface area contributed by atoms with Crippen LogP contribution in [-0.4, -0.2) is 29.1 Å². The molecule has 0 amide bonds. The van der Waals surface area contributed by atoms with Gasteiger partial charge in [0.05, 0.1) is 12.7 Å². The number of hydrogen-bond donors (Lipinski definition) is 1. The lowest BCUT2D eigenvalue weighted by Crippen LogP contribution is -2.02. The second-order valence-electron chi connectivity index (χ2n) is 2.97. The molecule has 2 aromatic rings. The number of carbonyl (C=O) groups is 2. The molecule has 1 heterocycles. The van der Waals surface area contributed by atoms with E-state index in [0.717, 1.165) is 0 Å². The van der Waals surface area contributed by atoms with Crippen LogP contribution in [0.25, 0.3) is 11.1 Å². The summed E-state index contributed by atoms with van der Waals surface area (Å²) in [5.41, 5.74) is 0.600. The minimum Gasteiger partial charge on any atom is -0.474 e. The number of carbonyl (C=O) groups excluding carboxylic acids is 1. The largest absolute Gasteiger partial charge is 0.474 e. The van der Waals surface area contributed by atoms with Crippen LogP contribution in [0, 0.1) is 0 Å². The molecule has 1 aromatic heterocycles. The maximum atomic E-state index is 11.4. The fourth-order valence-electron chi connectivity index (χ4n) is 1.31. The third-order valence-corrected chi connectivity index (χ3v) is 2.01. The summed E-state index contributed by atoms with van der Waals surface area (Å²) in [4.78, 5) is 25.7. The van der Waals surface area contributed by atoms with Gasteiger partial charge in [-0.05, 0) is 12.1 Å². The number of esters is 1. The Hall–Kier alpha value is -2.37. The Balaban J connectivity index is 2.67. The maximum Gasteiger partial charge on any atom is 0.392 e. The normalized spacial score (nSPS) is 10.3. The summed E-state index contributed by atoms with van der Waals surface area (Å²) in [5, 5.41) is 8.70. The molecule has 0 saturated heterocycles. The predicted octanol–water partition coefficient (Wildman–Crippen LogP) is 1.31. The second-order valence-corrected chi connectivity index (χ2v) is 2.97. The fourth-order valence-corrected chi connectivity index (χ4v) is 1.31. The average molecular weight is 221 g/mol. The molecule has 1 N–H and O–H groups in total. The monoisotopic (exact) mass is 221 g/mol. The van der Waals surface area contributed by atoms with E-state index in [2.05, 4.69) is 9.72 Å². The zero-order chi connectivity index (χ0) is 11.7. The van der Waals surface area contributed by atoms with Crippen molar-refractivity contribution in [1.29, 1.82) is 0 Å². The first kappa shape index (κ1) is 10.2. The number of hydrogen-bond acceptors (Lipinski definition) is 5. The predicted molar refractivity (Wildman–Crippen MR) is 52.3 cm³/mol. The minimum atomic E-state index is -1.29. The van der Waals surface area contributed by atoms with Crippen molar-refractivity contribution in [2.75, 3.05) is 7.11 Å². The van der Waals surface area contributed by atoms with Crippen molar-refractivity contribution < 1.29 is 23.8 Å².